The highest BCUT2D eigenvalue weighted by Gasteiger charge is 2.61. The molecule has 1 heterocycles. The number of rotatable bonds is 3. The molecule has 2 amide bonds. The van der Waals surface area contributed by atoms with Gasteiger partial charge in [0.1, 0.15) is 0 Å². The summed E-state index contributed by atoms with van der Waals surface area (Å²) in [7, 11) is 1.99. The molecule has 0 unspecified atom stereocenters. The smallest absolute Gasteiger partial charge is 0.246 e. The Morgan fingerprint density at radius 1 is 0.970 bits per heavy atom. The van der Waals surface area contributed by atoms with Crippen molar-refractivity contribution >= 4 is 11.8 Å². The lowest BCUT2D eigenvalue weighted by molar-refractivity contribution is -0.138. The van der Waals surface area contributed by atoms with E-state index in [0.717, 1.165) is 25.7 Å². The molecule has 6 rings (SSSR count). The average molecular weight is 447 g/mol. The van der Waals surface area contributed by atoms with E-state index in [1.54, 1.807) is 0 Å². The van der Waals surface area contributed by atoms with Crippen molar-refractivity contribution in [1.29, 1.82) is 0 Å². The second-order valence-corrected chi connectivity index (χ2v) is 12.2. The van der Waals surface area contributed by atoms with Gasteiger partial charge in [-0.3, -0.25) is 9.59 Å². The fourth-order valence-electron chi connectivity index (χ4n) is 8.80. The highest BCUT2D eigenvalue weighted by atomic mass is 16.2. The number of likely N-dealkylation sites (N-methyl/N-ethyl adjacent to an activating group) is 1. The van der Waals surface area contributed by atoms with Crippen LogP contribution in [0.4, 0.5) is 0 Å². The van der Waals surface area contributed by atoms with Crippen LogP contribution in [-0.4, -0.2) is 35.8 Å². The first-order valence-corrected chi connectivity index (χ1v) is 13.1. The van der Waals surface area contributed by atoms with E-state index < -0.39 is 0 Å². The first-order valence-electron chi connectivity index (χ1n) is 13.1. The van der Waals surface area contributed by atoms with Gasteiger partial charge in [-0.15, -0.1) is 0 Å². The Morgan fingerprint density at radius 2 is 1.73 bits per heavy atom. The minimum absolute atomic E-state index is 0.0830. The Hall–Kier alpha value is -2.10. The Balaban J connectivity index is 1.22. The minimum Gasteiger partial charge on any atom is -0.352 e. The Kier molecular flexibility index (Phi) is 4.68. The quantitative estimate of drug-likeness (QED) is 0.722. The number of carbonyl (C=O) groups excluding carboxylic acids is 2. The number of hydrogen-bond acceptors (Lipinski definition) is 2. The molecule has 0 bridgehead atoms. The third-order valence-corrected chi connectivity index (χ3v) is 10.9. The number of amides is 2. The molecular formula is C29H38N2O2. The maximum Gasteiger partial charge on any atom is 0.246 e. The third kappa shape index (κ3) is 2.94. The van der Waals surface area contributed by atoms with Crippen molar-refractivity contribution in [3.05, 3.63) is 48.0 Å². The van der Waals surface area contributed by atoms with E-state index in [0.29, 0.717) is 23.8 Å². The van der Waals surface area contributed by atoms with Gasteiger partial charge in [0.05, 0.1) is 5.41 Å². The molecule has 1 aromatic rings. The topological polar surface area (TPSA) is 49.4 Å². The first kappa shape index (κ1) is 21.4. The predicted octanol–water partition coefficient (Wildman–Crippen LogP) is 4.84. The molecule has 1 N–H and O–H groups in total. The average Bonchev–Trinajstić information content (AvgIpc) is 3.56. The minimum atomic E-state index is -0.289. The second-order valence-electron chi connectivity index (χ2n) is 12.2. The van der Waals surface area contributed by atoms with Crippen LogP contribution in [0.15, 0.2) is 42.5 Å². The Labute approximate surface area is 198 Å². The van der Waals surface area contributed by atoms with Gasteiger partial charge in [0.15, 0.2) is 0 Å². The van der Waals surface area contributed by atoms with Crippen LogP contribution < -0.4 is 5.32 Å². The largest absolute Gasteiger partial charge is 0.352 e. The summed E-state index contributed by atoms with van der Waals surface area (Å²) in [6.45, 7) is 4.87. The predicted molar refractivity (Wildman–Crippen MR) is 129 cm³/mol. The standard InChI is InChI=1S/C29H38N2O2/c1-27-15-13-22-20(9-12-24-28(22,2)16-14-25(32)31(24)3)21(27)10-11-23(27)30-26(33)29(17-18-29)19-7-5-4-6-8-19/h4-8,14,16,20-24H,9-13,15,17-18H2,1-3H3,(H,30,33)/t20-,21-,22-,23-,24+,27-,28+/m0/s1. The molecule has 4 heteroatoms. The third-order valence-electron chi connectivity index (χ3n) is 10.9. The SMILES string of the molecule is CN1C(=O)C=C[C@]2(C)[C@H]3CC[C@]4(C)[C@@H](NC(=O)C5(c6ccccc6)CC5)CC[C@H]4[C@@H]3CC[C@@H]12. The summed E-state index contributed by atoms with van der Waals surface area (Å²) in [6.07, 6.45) is 13.0. The number of carbonyl (C=O) groups is 2. The van der Waals surface area contributed by atoms with Crippen molar-refractivity contribution < 1.29 is 9.59 Å². The van der Waals surface area contributed by atoms with Crippen LogP contribution in [0.2, 0.25) is 0 Å². The fourth-order valence-corrected chi connectivity index (χ4v) is 8.80. The highest BCUT2D eigenvalue weighted by molar-refractivity contribution is 5.91. The van der Waals surface area contributed by atoms with Crippen molar-refractivity contribution in [2.24, 2.45) is 28.6 Å². The van der Waals surface area contributed by atoms with Gasteiger partial charge >= 0.3 is 0 Å². The molecule has 0 radical (unpaired) electrons. The van der Waals surface area contributed by atoms with Crippen LogP contribution in [0.5, 0.6) is 0 Å². The molecule has 33 heavy (non-hydrogen) atoms. The zero-order valence-corrected chi connectivity index (χ0v) is 20.3. The number of benzene rings is 1. The maximum atomic E-state index is 13.5. The second kappa shape index (κ2) is 7.20. The zero-order chi connectivity index (χ0) is 23.0. The van der Waals surface area contributed by atoms with Gasteiger partial charge < -0.3 is 10.2 Å². The lowest BCUT2D eigenvalue weighted by Crippen LogP contribution is -2.60. The van der Waals surface area contributed by atoms with Crippen LogP contribution in [0.25, 0.3) is 0 Å². The molecule has 4 aliphatic carbocycles. The van der Waals surface area contributed by atoms with Gasteiger partial charge in [-0.25, -0.2) is 0 Å². The van der Waals surface area contributed by atoms with E-state index in [2.05, 4.69) is 49.5 Å². The monoisotopic (exact) mass is 446 g/mol. The molecule has 5 aliphatic rings. The van der Waals surface area contributed by atoms with Crippen LogP contribution in [0.1, 0.15) is 70.8 Å². The summed E-state index contributed by atoms with van der Waals surface area (Å²) >= 11 is 0. The summed E-state index contributed by atoms with van der Waals surface area (Å²) in [6, 6.07) is 11.0. The molecular weight excluding hydrogens is 408 g/mol. The molecule has 4 saturated carbocycles. The molecule has 0 aromatic heterocycles. The van der Waals surface area contributed by atoms with Crippen molar-refractivity contribution in [2.45, 2.75) is 82.7 Å². The van der Waals surface area contributed by atoms with Crippen molar-refractivity contribution in [1.82, 2.24) is 10.2 Å². The maximum absolute atomic E-state index is 13.5. The van der Waals surface area contributed by atoms with E-state index >= 15 is 0 Å². The van der Waals surface area contributed by atoms with Crippen molar-refractivity contribution in [3.8, 4) is 0 Å². The normalized spacial score (nSPS) is 42.8. The van der Waals surface area contributed by atoms with Crippen LogP contribution in [-0.2, 0) is 15.0 Å². The zero-order valence-electron chi connectivity index (χ0n) is 20.3. The van der Waals surface area contributed by atoms with Gasteiger partial charge in [0, 0.05) is 24.5 Å². The van der Waals surface area contributed by atoms with Gasteiger partial charge in [-0.2, -0.15) is 0 Å². The van der Waals surface area contributed by atoms with Gasteiger partial charge in [-0.1, -0.05) is 50.3 Å². The fraction of sp³-hybridized carbons (Fsp3) is 0.655. The van der Waals surface area contributed by atoms with Crippen molar-refractivity contribution in [3.63, 3.8) is 0 Å². The highest BCUT2D eigenvalue weighted by Crippen LogP contribution is 2.64. The Bertz CT molecular complexity index is 998. The lowest BCUT2D eigenvalue weighted by Gasteiger charge is -2.60. The van der Waals surface area contributed by atoms with Crippen LogP contribution in [0.3, 0.4) is 0 Å². The number of hydrogen-bond donors (Lipinski definition) is 1. The molecule has 0 saturated heterocycles. The lowest BCUT2D eigenvalue weighted by atomic mass is 9.48. The molecule has 7 atom stereocenters. The number of nitrogens with zero attached hydrogens (tertiary/aromatic N) is 1. The summed E-state index contributed by atoms with van der Waals surface area (Å²) in [5, 5.41) is 3.59. The van der Waals surface area contributed by atoms with Crippen LogP contribution >= 0.6 is 0 Å². The van der Waals surface area contributed by atoms with Gasteiger partial charge in [0.25, 0.3) is 0 Å². The molecule has 1 aliphatic heterocycles. The number of nitrogens with one attached hydrogen (secondary N) is 1. The van der Waals surface area contributed by atoms with Crippen LogP contribution in [0, 0.1) is 28.6 Å². The van der Waals surface area contributed by atoms with Gasteiger partial charge in [-0.05, 0) is 86.2 Å². The first-order chi connectivity index (χ1) is 15.8. The molecule has 0 spiro atoms. The molecule has 4 nitrogen and oxygen atoms in total. The summed E-state index contributed by atoms with van der Waals surface area (Å²) in [4.78, 5) is 27.8. The Morgan fingerprint density at radius 3 is 2.45 bits per heavy atom. The summed E-state index contributed by atoms with van der Waals surface area (Å²) in [5.41, 5.74) is 1.16. The van der Waals surface area contributed by atoms with E-state index in [-0.39, 0.29) is 34.1 Å². The molecule has 1 aromatic carbocycles. The van der Waals surface area contributed by atoms with E-state index in [4.69, 9.17) is 0 Å². The van der Waals surface area contributed by atoms with E-state index in [9.17, 15) is 9.59 Å². The van der Waals surface area contributed by atoms with E-state index in [1.165, 1.54) is 31.2 Å². The summed E-state index contributed by atoms with van der Waals surface area (Å²) in [5.74, 6) is 2.42. The van der Waals surface area contributed by atoms with Gasteiger partial charge in [0.2, 0.25) is 11.8 Å². The van der Waals surface area contributed by atoms with E-state index in [1.807, 2.05) is 24.1 Å². The number of fused-ring (bicyclic) bond motifs is 5. The summed E-state index contributed by atoms with van der Waals surface area (Å²) < 4.78 is 0. The molecule has 176 valence electrons. The van der Waals surface area contributed by atoms with Crippen molar-refractivity contribution in [2.75, 3.05) is 7.05 Å². The molecule has 4 fully saturated rings.